The number of benzene rings is 1. The molecule has 108 valence electrons. The van der Waals surface area contributed by atoms with E-state index < -0.39 is 0 Å². The highest BCUT2D eigenvalue weighted by atomic mass is 79.9. The number of nitrogens with two attached hydrogens (primary N) is 1. The lowest BCUT2D eigenvalue weighted by Crippen LogP contribution is -2.29. The number of hydrazine groups is 1. The quantitative estimate of drug-likeness (QED) is 0.535. The van der Waals surface area contributed by atoms with Gasteiger partial charge in [-0.2, -0.15) is 0 Å². The highest BCUT2D eigenvalue weighted by molar-refractivity contribution is 9.10. The van der Waals surface area contributed by atoms with Gasteiger partial charge in [-0.25, -0.2) is 4.39 Å². The van der Waals surface area contributed by atoms with Crippen LogP contribution in [0.5, 0.6) is 0 Å². The molecule has 3 N–H and O–H groups in total. The van der Waals surface area contributed by atoms with Crippen LogP contribution in [0.25, 0.3) is 0 Å². The summed E-state index contributed by atoms with van der Waals surface area (Å²) in [6, 6.07) is 5.23. The van der Waals surface area contributed by atoms with E-state index in [9.17, 15) is 4.39 Å². The summed E-state index contributed by atoms with van der Waals surface area (Å²) in [6.45, 7) is 4.41. The molecule has 1 rings (SSSR count). The van der Waals surface area contributed by atoms with E-state index >= 15 is 0 Å². The van der Waals surface area contributed by atoms with Crippen LogP contribution in [0.15, 0.2) is 22.7 Å². The van der Waals surface area contributed by atoms with Crippen molar-refractivity contribution in [1.82, 2.24) is 5.43 Å². The second kappa shape index (κ2) is 8.67. The maximum atomic E-state index is 13.6. The topological polar surface area (TPSA) is 38.0 Å². The van der Waals surface area contributed by atoms with Crippen molar-refractivity contribution in [2.45, 2.75) is 52.0 Å². The predicted molar refractivity (Wildman–Crippen MR) is 82.1 cm³/mol. The first kappa shape index (κ1) is 16.6. The Labute approximate surface area is 124 Å². The van der Waals surface area contributed by atoms with E-state index in [2.05, 4.69) is 35.2 Å². The first-order valence-corrected chi connectivity index (χ1v) is 7.82. The molecule has 2 atom stereocenters. The molecule has 0 heterocycles. The fraction of sp³-hybridized carbons (Fsp3) is 0.600. The number of unbranched alkanes of at least 4 members (excludes halogenated alkanes) is 1. The molecule has 0 fully saturated rings. The zero-order valence-corrected chi connectivity index (χ0v) is 13.3. The number of hydrogen-bond donors (Lipinski definition) is 2. The average molecular weight is 331 g/mol. The van der Waals surface area contributed by atoms with Gasteiger partial charge < -0.3 is 0 Å². The van der Waals surface area contributed by atoms with Gasteiger partial charge >= 0.3 is 0 Å². The van der Waals surface area contributed by atoms with Crippen LogP contribution in [0.3, 0.4) is 0 Å². The lowest BCUT2D eigenvalue weighted by molar-refractivity contribution is 0.355. The van der Waals surface area contributed by atoms with Crippen LogP contribution in [0.2, 0.25) is 0 Å². The lowest BCUT2D eigenvalue weighted by atomic mass is 9.89. The summed E-state index contributed by atoms with van der Waals surface area (Å²) in [5.41, 5.74) is 3.74. The van der Waals surface area contributed by atoms with Crippen LogP contribution in [0.4, 0.5) is 4.39 Å². The zero-order valence-electron chi connectivity index (χ0n) is 11.8. The third kappa shape index (κ3) is 5.21. The molecule has 1 aromatic rings. The van der Waals surface area contributed by atoms with Crippen LogP contribution >= 0.6 is 15.9 Å². The first-order chi connectivity index (χ1) is 9.12. The lowest BCUT2D eigenvalue weighted by Gasteiger charge is -2.22. The largest absolute Gasteiger partial charge is 0.271 e. The van der Waals surface area contributed by atoms with Crippen LogP contribution < -0.4 is 11.3 Å². The molecule has 0 aliphatic heterocycles. The van der Waals surface area contributed by atoms with Crippen molar-refractivity contribution in [3.8, 4) is 0 Å². The Kier molecular flexibility index (Phi) is 7.57. The molecule has 1 aromatic carbocycles. The fourth-order valence-electron chi connectivity index (χ4n) is 2.34. The fourth-order valence-corrected chi connectivity index (χ4v) is 2.59. The van der Waals surface area contributed by atoms with Crippen molar-refractivity contribution in [1.29, 1.82) is 0 Å². The molecule has 2 nitrogen and oxygen atoms in total. The second-order valence-electron chi connectivity index (χ2n) is 5.05. The highest BCUT2D eigenvalue weighted by Gasteiger charge is 2.16. The summed E-state index contributed by atoms with van der Waals surface area (Å²) in [5, 5.41) is 0. The summed E-state index contributed by atoms with van der Waals surface area (Å²) in [6.07, 6.45) is 5.75. The van der Waals surface area contributed by atoms with E-state index in [0.29, 0.717) is 10.4 Å². The van der Waals surface area contributed by atoms with Gasteiger partial charge in [0.2, 0.25) is 0 Å². The van der Waals surface area contributed by atoms with Gasteiger partial charge in [-0.1, -0.05) is 45.6 Å². The Hall–Kier alpha value is -0.450. The van der Waals surface area contributed by atoms with Crippen molar-refractivity contribution in [3.63, 3.8) is 0 Å². The molecule has 2 unspecified atom stereocenters. The molecule has 19 heavy (non-hydrogen) atoms. The zero-order chi connectivity index (χ0) is 14.3. The Bertz CT molecular complexity index is 384. The standard InChI is InChI=1S/C15H24BrFN2/c1-3-5-6-11(4-2)9-15(19-18)12-7-8-13(16)14(17)10-12/h7-8,10-11,15,19H,3-6,9,18H2,1-2H3. The molecule has 4 heteroatoms. The summed E-state index contributed by atoms with van der Waals surface area (Å²) < 4.78 is 14.1. The van der Waals surface area contributed by atoms with E-state index in [1.165, 1.54) is 19.3 Å². The molecule has 0 aliphatic carbocycles. The highest BCUT2D eigenvalue weighted by Crippen LogP contribution is 2.28. The summed E-state index contributed by atoms with van der Waals surface area (Å²) >= 11 is 3.17. The van der Waals surface area contributed by atoms with E-state index in [1.807, 2.05) is 6.07 Å². The molecule has 0 aliphatic rings. The van der Waals surface area contributed by atoms with Gasteiger partial charge in [-0.05, 0) is 46.0 Å². The first-order valence-electron chi connectivity index (χ1n) is 7.03. The third-order valence-corrected chi connectivity index (χ3v) is 4.30. The van der Waals surface area contributed by atoms with Gasteiger partial charge in [-0.15, -0.1) is 0 Å². The Morgan fingerprint density at radius 3 is 2.63 bits per heavy atom. The van der Waals surface area contributed by atoms with Crippen LogP contribution in [-0.2, 0) is 0 Å². The minimum absolute atomic E-state index is 0.0180. The van der Waals surface area contributed by atoms with Gasteiger partial charge in [-0.3, -0.25) is 11.3 Å². The van der Waals surface area contributed by atoms with Gasteiger partial charge in [0.05, 0.1) is 4.47 Å². The molecular formula is C15H24BrFN2. The van der Waals surface area contributed by atoms with Crippen molar-refractivity contribution < 1.29 is 4.39 Å². The van der Waals surface area contributed by atoms with Crippen molar-refractivity contribution in [2.24, 2.45) is 11.8 Å². The maximum absolute atomic E-state index is 13.6. The minimum Gasteiger partial charge on any atom is -0.271 e. The van der Waals surface area contributed by atoms with E-state index in [1.54, 1.807) is 12.1 Å². The Morgan fingerprint density at radius 1 is 1.37 bits per heavy atom. The Balaban J connectivity index is 2.72. The molecule has 0 aromatic heterocycles. The smallest absolute Gasteiger partial charge is 0.137 e. The molecule has 0 bridgehead atoms. The number of nitrogens with one attached hydrogen (secondary N) is 1. The molecule has 0 amide bonds. The van der Waals surface area contributed by atoms with Crippen LogP contribution in [0, 0.1) is 11.7 Å². The molecule has 0 spiro atoms. The van der Waals surface area contributed by atoms with Crippen LogP contribution in [0.1, 0.15) is 57.6 Å². The molecule has 0 saturated heterocycles. The molecule has 0 radical (unpaired) electrons. The van der Waals surface area contributed by atoms with Crippen molar-refractivity contribution in [2.75, 3.05) is 0 Å². The Morgan fingerprint density at radius 2 is 2.11 bits per heavy atom. The van der Waals surface area contributed by atoms with Gasteiger partial charge in [0.15, 0.2) is 0 Å². The van der Waals surface area contributed by atoms with E-state index in [4.69, 9.17) is 5.84 Å². The molecular weight excluding hydrogens is 307 g/mol. The van der Waals surface area contributed by atoms with Gasteiger partial charge in [0, 0.05) is 6.04 Å². The van der Waals surface area contributed by atoms with Crippen molar-refractivity contribution >= 4 is 15.9 Å². The third-order valence-electron chi connectivity index (χ3n) is 3.66. The predicted octanol–water partition coefficient (Wildman–Crippen LogP) is 4.70. The van der Waals surface area contributed by atoms with Gasteiger partial charge in [0.1, 0.15) is 5.82 Å². The second-order valence-corrected chi connectivity index (χ2v) is 5.90. The number of halogens is 2. The maximum Gasteiger partial charge on any atom is 0.137 e. The average Bonchev–Trinajstić information content (AvgIpc) is 2.42. The van der Waals surface area contributed by atoms with Crippen molar-refractivity contribution in [3.05, 3.63) is 34.1 Å². The van der Waals surface area contributed by atoms with E-state index in [-0.39, 0.29) is 11.9 Å². The number of rotatable bonds is 8. The monoisotopic (exact) mass is 330 g/mol. The van der Waals surface area contributed by atoms with E-state index in [0.717, 1.165) is 18.4 Å². The molecule has 0 saturated carbocycles. The normalized spacial score (nSPS) is 14.4. The minimum atomic E-state index is -0.237. The summed E-state index contributed by atoms with van der Waals surface area (Å²) in [4.78, 5) is 0. The van der Waals surface area contributed by atoms with Gasteiger partial charge in [0.25, 0.3) is 0 Å². The summed E-state index contributed by atoms with van der Waals surface area (Å²) in [5.74, 6) is 6.04. The number of hydrogen-bond acceptors (Lipinski definition) is 2. The summed E-state index contributed by atoms with van der Waals surface area (Å²) in [7, 11) is 0. The SMILES string of the molecule is CCCCC(CC)CC(NN)c1ccc(Br)c(F)c1. The van der Waals surface area contributed by atoms with Crippen LogP contribution in [-0.4, -0.2) is 0 Å².